The number of hydrogen-bond acceptors (Lipinski definition) is 5. The molecule has 27 heavy (non-hydrogen) atoms. The fourth-order valence-corrected chi connectivity index (χ4v) is 4.36. The lowest BCUT2D eigenvalue weighted by Crippen LogP contribution is -2.38. The summed E-state index contributed by atoms with van der Waals surface area (Å²) < 4.78 is 1.68. The van der Waals surface area contributed by atoms with E-state index < -0.39 is 11.4 Å². The van der Waals surface area contributed by atoms with Crippen molar-refractivity contribution in [1.82, 2.24) is 25.1 Å². The summed E-state index contributed by atoms with van der Waals surface area (Å²) in [5.41, 5.74) is 0.659. The zero-order valence-corrected chi connectivity index (χ0v) is 15.1. The molecule has 9 heteroatoms. The maximum Gasteiger partial charge on any atom is 0.321 e. The number of nitrogens with zero attached hydrogens (tertiary/aromatic N) is 5. The van der Waals surface area contributed by atoms with E-state index in [2.05, 4.69) is 20.8 Å². The van der Waals surface area contributed by atoms with Crippen molar-refractivity contribution in [2.45, 2.75) is 32.7 Å². The Labute approximate surface area is 156 Å². The summed E-state index contributed by atoms with van der Waals surface area (Å²) in [4.78, 5) is 26.1. The number of rotatable bonds is 4. The van der Waals surface area contributed by atoms with Crippen molar-refractivity contribution in [3.63, 3.8) is 0 Å². The SMILES string of the molecule is CCn1nnnc1-c1cccc(NC(=O)N2C[C@@H]3CCC[C@@]3(C(=O)O)C2)c1. The molecule has 2 N–H and O–H groups in total. The fourth-order valence-electron chi connectivity index (χ4n) is 4.36. The van der Waals surface area contributed by atoms with E-state index in [4.69, 9.17) is 0 Å². The smallest absolute Gasteiger partial charge is 0.321 e. The van der Waals surface area contributed by atoms with Gasteiger partial charge in [-0.3, -0.25) is 4.79 Å². The summed E-state index contributed by atoms with van der Waals surface area (Å²) >= 11 is 0. The Bertz CT molecular complexity index is 881. The first kappa shape index (κ1) is 17.4. The topological polar surface area (TPSA) is 113 Å². The summed E-state index contributed by atoms with van der Waals surface area (Å²) in [6.45, 7) is 3.36. The molecule has 2 amide bonds. The average molecular weight is 370 g/mol. The van der Waals surface area contributed by atoms with Gasteiger partial charge in [-0.25, -0.2) is 9.48 Å². The number of tetrazole rings is 1. The summed E-state index contributed by atoms with van der Waals surface area (Å²) in [5, 5.41) is 24.2. The van der Waals surface area contributed by atoms with Gasteiger partial charge >= 0.3 is 12.0 Å². The molecule has 9 nitrogen and oxygen atoms in total. The zero-order valence-electron chi connectivity index (χ0n) is 15.1. The summed E-state index contributed by atoms with van der Waals surface area (Å²) in [5.74, 6) is -0.107. The molecule has 1 aliphatic carbocycles. The highest BCUT2D eigenvalue weighted by Crippen LogP contribution is 2.48. The lowest BCUT2D eigenvalue weighted by molar-refractivity contribution is -0.149. The highest BCUT2D eigenvalue weighted by molar-refractivity contribution is 5.91. The number of aliphatic carboxylic acids is 1. The summed E-state index contributed by atoms with van der Waals surface area (Å²) in [7, 11) is 0. The quantitative estimate of drug-likeness (QED) is 0.852. The Morgan fingerprint density at radius 2 is 2.26 bits per heavy atom. The molecule has 0 spiro atoms. The molecule has 0 bridgehead atoms. The number of anilines is 1. The number of hydrogen-bond donors (Lipinski definition) is 2. The molecule has 1 saturated heterocycles. The Morgan fingerprint density at radius 1 is 1.41 bits per heavy atom. The van der Waals surface area contributed by atoms with E-state index in [1.807, 2.05) is 25.1 Å². The molecular formula is C18H22N6O3. The number of carboxylic acids is 1. The third-order valence-electron chi connectivity index (χ3n) is 5.79. The van der Waals surface area contributed by atoms with Gasteiger partial charge < -0.3 is 15.3 Å². The molecular weight excluding hydrogens is 348 g/mol. The number of aryl methyl sites for hydroxylation is 1. The normalized spacial score (nSPS) is 24.0. The van der Waals surface area contributed by atoms with Crippen molar-refractivity contribution < 1.29 is 14.7 Å². The molecule has 1 saturated carbocycles. The highest BCUT2D eigenvalue weighted by Gasteiger charge is 2.55. The second kappa shape index (κ2) is 6.64. The number of carbonyl (C=O) groups excluding carboxylic acids is 1. The van der Waals surface area contributed by atoms with Crippen LogP contribution in [0, 0.1) is 11.3 Å². The monoisotopic (exact) mass is 370 g/mol. The Kier molecular flexibility index (Phi) is 4.29. The third-order valence-corrected chi connectivity index (χ3v) is 5.79. The number of fused-ring (bicyclic) bond motifs is 1. The molecule has 1 aliphatic heterocycles. The molecule has 2 fully saturated rings. The number of amides is 2. The number of urea groups is 1. The first-order chi connectivity index (χ1) is 13.0. The summed E-state index contributed by atoms with van der Waals surface area (Å²) in [6, 6.07) is 7.06. The molecule has 0 radical (unpaired) electrons. The van der Waals surface area contributed by atoms with E-state index in [0.29, 0.717) is 31.0 Å². The van der Waals surface area contributed by atoms with E-state index in [1.54, 1.807) is 15.6 Å². The van der Waals surface area contributed by atoms with Crippen LogP contribution in [-0.4, -0.2) is 55.3 Å². The predicted octanol–water partition coefficient (Wildman–Crippen LogP) is 2.08. The van der Waals surface area contributed by atoms with Crippen molar-refractivity contribution in [2.24, 2.45) is 11.3 Å². The largest absolute Gasteiger partial charge is 0.481 e. The average Bonchev–Trinajstić information content (AvgIpc) is 3.35. The van der Waals surface area contributed by atoms with Gasteiger partial charge in [-0.15, -0.1) is 5.10 Å². The number of benzene rings is 1. The van der Waals surface area contributed by atoms with Gasteiger partial charge in [0.15, 0.2) is 5.82 Å². The van der Waals surface area contributed by atoms with Gasteiger partial charge in [0.2, 0.25) is 0 Å². The minimum Gasteiger partial charge on any atom is -0.481 e. The van der Waals surface area contributed by atoms with Crippen LogP contribution in [0.1, 0.15) is 26.2 Å². The summed E-state index contributed by atoms with van der Waals surface area (Å²) in [6.07, 6.45) is 2.43. The van der Waals surface area contributed by atoms with Crippen LogP contribution in [0.5, 0.6) is 0 Å². The molecule has 2 aliphatic rings. The number of carboxylic acid groups (broad SMARTS) is 1. The zero-order chi connectivity index (χ0) is 19.0. The standard InChI is InChI=1S/C18H22N6O3/c1-2-24-15(20-21-22-24)12-5-3-7-14(9-12)19-17(27)23-10-13-6-4-8-18(13,11-23)16(25)26/h3,5,7,9,13H,2,4,6,8,10-11H2,1H3,(H,19,27)(H,25,26)/t13-,18+/m0/s1. The molecule has 4 rings (SSSR count). The number of nitrogens with one attached hydrogen (secondary N) is 1. The maximum atomic E-state index is 12.7. The van der Waals surface area contributed by atoms with Gasteiger partial charge in [-0.1, -0.05) is 18.6 Å². The fraction of sp³-hybridized carbons (Fsp3) is 0.500. The molecule has 1 aromatic carbocycles. The van der Waals surface area contributed by atoms with Gasteiger partial charge in [0, 0.05) is 30.9 Å². The second-order valence-electron chi connectivity index (χ2n) is 7.26. The number of aromatic nitrogens is 4. The van der Waals surface area contributed by atoms with Gasteiger partial charge in [-0.05, 0) is 48.2 Å². The van der Waals surface area contributed by atoms with Gasteiger partial charge in [-0.2, -0.15) is 0 Å². The molecule has 2 aromatic rings. The van der Waals surface area contributed by atoms with Gasteiger partial charge in [0.25, 0.3) is 0 Å². The van der Waals surface area contributed by atoms with E-state index in [0.717, 1.165) is 18.4 Å². The first-order valence-corrected chi connectivity index (χ1v) is 9.19. The van der Waals surface area contributed by atoms with Crippen molar-refractivity contribution in [1.29, 1.82) is 0 Å². The van der Waals surface area contributed by atoms with Crippen molar-refractivity contribution in [2.75, 3.05) is 18.4 Å². The van der Waals surface area contributed by atoms with Crippen molar-refractivity contribution in [3.8, 4) is 11.4 Å². The predicted molar refractivity (Wildman–Crippen MR) is 96.9 cm³/mol. The van der Waals surface area contributed by atoms with Crippen molar-refractivity contribution >= 4 is 17.7 Å². The van der Waals surface area contributed by atoms with E-state index >= 15 is 0 Å². The Balaban J connectivity index is 1.50. The van der Waals surface area contributed by atoms with E-state index in [1.165, 1.54) is 0 Å². The molecule has 142 valence electrons. The molecule has 2 atom stereocenters. The molecule has 2 heterocycles. The van der Waals surface area contributed by atoms with Gasteiger partial charge in [0.05, 0.1) is 5.41 Å². The number of carbonyl (C=O) groups is 2. The van der Waals surface area contributed by atoms with Crippen molar-refractivity contribution in [3.05, 3.63) is 24.3 Å². The van der Waals surface area contributed by atoms with Crippen LogP contribution >= 0.6 is 0 Å². The lowest BCUT2D eigenvalue weighted by Gasteiger charge is -2.23. The van der Waals surface area contributed by atoms with Crippen LogP contribution in [0.3, 0.4) is 0 Å². The van der Waals surface area contributed by atoms with Crippen LogP contribution in [0.2, 0.25) is 0 Å². The van der Waals surface area contributed by atoms with Crippen LogP contribution in [0.4, 0.5) is 10.5 Å². The molecule has 1 aromatic heterocycles. The van der Waals surface area contributed by atoms with Crippen LogP contribution in [-0.2, 0) is 11.3 Å². The minimum absolute atomic E-state index is 0.0428. The number of likely N-dealkylation sites (tertiary alicyclic amines) is 1. The minimum atomic E-state index is -0.784. The molecule has 0 unspecified atom stereocenters. The Morgan fingerprint density at radius 3 is 3.00 bits per heavy atom. The third kappa shape index (κ3) is 2.92. The van der Waals surface area contributed by atoms with Crippen LogP contribution < -0.4 is 5.32 Å². The Hall–Kier alpha value is -2.97. The van der Waals surface area contributed by atoms with Gasteiger partial charge in [0.1, 0.15) is 0 Å². The highest BCUT2D eigenvalue weighted by atomic mass is 16.4. The van der Waals surface area contributed by atoms with Crippen LogP contribution in [0.15, 0.2) is 24.3 Å². The maximum absolute atomic E-state index is 12.7. The second-order valence-corrected chi connectivity index (χ2v) is 7.26. The van der Waals surface area contributed by atoms with E-state index in [9.17, 15) is 14.7 Å². The lowest BCUT2D eigenvalue weighted by atomic mass is 9.81. The first-order valence-electron chi connectivity index (χ1n) is 9.19. The van der Waals surface area contributed by atoms with E-state index in [-0.39, 0.29) is 18.5 Å². The van der Waals surface area contributed by atoms with Crippen LogP contribution in [0.25, 0.3) is 11.4 Å².